The van der Waals surface area contributed by atoms with E-state index in [0.717, 1.165) is 11.1 Å². The zero-order chi connectivity index (χ0) is 27.1. The van der Waals surface area contributed by atoms with Crippen molar-refractivity contribution in [3.63, 3.8) is 0 Å². The third kappa shape index (κ3) is 5.18. The number of nitrogens with one attached hydrogen (secondary N) is 1. The molecule has 0 aliphatic carbocycles. The summed E-state index contributed by atoms with van der Waals surface area (Å²) in [7, 11) is -7.51. The van der Waals surface area contributed by atoms with Gasteiger partial charge in [-0.3, -0.25) is 9.10 Å². The highest BCUT2D eigenvalue weighted by Crippen LogP contribution is 2.35. The molecule has 0 radical (unpaired) electrons. The van der Waals surface area contributed by atoms with Gasteiger partial charge in [0.2, 0.25) is 15.9 Å². The molecule has 1 amide bonds. The van der Waals surface area contributed by atoms with Crippen molar-refractivity contribution < 1.29 is 21.6 Å². The smallest absolute Gasteiger partial charge is 0.264 e. The number of piperidine rings is 1. The fourth-order valence-corrected chi connectivity index (χ4v) is 8.03. The third-order valence-electron chi connectivity index (χ3n) is 7.02. The Labute approximate surface area is 228 Å². The van der Waals surface area contributed by atoms with Gasteiger partial charge in [0.15, 0.2) is 0 Å². The standard InChI is InChI=1S/C27H28ClN3O5S2/c1-19-4-10-24(11-5-19)37(33,34)30-15-2-3-21(18-30)27(32)29-23-9-6-20-14-16-31(26(20)17-23)38(35,36)25-12-7-22(28)8-13-25/h4-13,17,21H,2-3,14-16,18H2,1H3,(H,29,32)/t21-/m0/s1. The number of rotatable bonds is 6. The van der Waals surface area contributed by atoms with Gasteiger partial charge in [-0.25, -0.2) is 16.8 Å². The molecule has 0 spiro atoms. The number of hydrogen-bond donors (Lipinski definition) is 1. The van der Waals surface area contributed by atoms with Gasteiger partial charge in [0.05, 0.1) is 21.4 Å². The van der Waals surface area contributed by atoms with Gasteiger partial charge >= 0.3 is 0 Å². The van der Waals surface area contributed by atoms with Crippen LogP contribution in [-0.4, -0.2) is 46.7 Å². The van der Waals surface area contributed by atoms with E-state index >= 15 is 0 Å². The predicted molar refractivity (Wildman–Crippen MR) is 147 cm³/mol. The average molecular weight is 574 g/mol. The van der Waals surface area contributed by atoms with Crippen LogP contribution in [0.3, 0.4) is 0 Å². The van der Waals surface area contributed by atoms with Crippen LogP contribution in [0.5, 0.6) is 0 Å². The first-order valence-corrected chi connectivity index (χ1v) is 15.6. The number of anilines is 2. The third-order valence-corrected chi connectivity index (χ3v) is 11.0. The molecule has 0 aromatic heterocycles. The van der Waals surface area contributed by atoms with Gasteiger partial charge in [-0.1, -0.05) is 35.4 Å². The molecule has 2 aliphatic rings. The lowest BCUT2D eigenvalue weighted by Crippen LogP contribution is -2.43. The van der Waals surface area contributed by atoms with Crippen LogP contribution in [0.4, 0.5) is 11.4 Å². The lowest BCUT2D eigenvalue weighted by atomic mass is 9.98. The van der Waals surface area contributed by atoms with Crippen LogP contribution in [0.1, 0.15) is 24.0 Å². The number of halogens is 1. The molecule has 3 aromatic carbocycles. The molecule has 11 heteroatoms. The fourth-order valence-electron chi connectivity index (χ4n) is 4.89. The molecule has 1 saturated heterocycles. The second-order valence-electron chi connectivity index (χ2n) is 9.63. The Morgan fingerprint density at radius 2 is 1.55 bits per heavy atom. The first kappa shape index (κ1) is 26.7. The SMILES string of the molecule is Cc1ccc(S(=O)(=O)N2CCC[C@H](C(=O)Nc3ccc4c(c3)N(S(=O)(=O)c3ccc(Cl)cc3)CC4)C2)cc1. The van der Waals surface area contributed by atoms with Crippen LogP contribution < -0.4 is 9.62 Å². The molecule has 1 fully saturated rings. The number of aryl methyl sites for hydroxylation is 1. The zero-order valence-electron chi connectivity index (χ0n) is 20.8. The molecule has 2 heterocycles. The highest BCUT2D eigenvalue weighted by atomic mass is 35.5. The summed E-state index contributed by atoms with van der Waals surface area (Å²) in [5.74, 6) is -0.815. The van der Waals surface area contributed by atoms with Gasteiger partial charge in [-0.05, 0) is 80.3 Å². The second kappa shape index (κ2) is 10.3. The quantitative estimate of drug-likeness (QED) is 0.469. The van der Waals surface area contributed by atoms with Crippen molar-refractivity contribution in [2.24, 2.45) is 5.92 Å². The van der Waals surface area contributed by atoms with Crippen molar-refractivity contribution in [2.45, 2.75) is 36.0 Å². The number of nitrogens with zero attached hydrogens (tertiary/aromatic N) is 2. The predicted octanol–water partition coefficient (Wildman–Crippen LogP) is 4.44. The number of fused-ring (bicyclic) bond motifs is 1. The summed E-state index contributed by atoms with van der Waals surface area (Å²) >= 11 is 5.92. The molecule has 0 saturated carbocycles. The summed E-state index contributed by atoms with van der Waals surface area (Å²) in [6.07, 6.45) is 1.69. The lowest BCUT2D eigenvalue weighted by Gasteiger charge is -2.31. The van der Waals surface area contributed by atoms with E-state index in [2.05, 4.69) is 5.32 Å². The van der Waals surface area contributed by atoms with E-state index in [4.69, 9.17) is 11.6 Å². The van der Waals surface area contributed by atoms with Crippen LogP contribution in [0.25, 0.3) is 0 Å². The molecule has 1 atom stereocenters. The first-order valence-electron chi connectivity index (χ1n) is 12.3. The molecule has 3 aromatic rings. The normalized spacial score (nSPS) is 18.3. The molecular weight excluding hydrogens is 546 g/mol. The maximum Gasteiger partial charge on any atom is 0.264 e. The average Bonchev–Trinajstić information content (AvgIpc) is 3.33. The maximum atomic E-state index is 13.3. The van der Waals surface area contributed by atoms with Crippen molar-refractivity contribution >= 4 is 48.9 Å². The van der Waals surface area contributed by atoms with E-state index in [1.165, 1.54) is 32.9 Å². The van der Waals surface area contributed by atoms with Crippen LogP contribution in [-0.2, 0) is 31.3 Å². The summed E-state index contributed by atoms with van der Waals surface area (Å²) in [6, 6.07) is 17.9. The van der Waals surface area contributed by atoms with Crippen LogP contribution in [0.2, 0.25) is 5.02 Å². The molecule has 8 nitrogen and oxygen atoms in total. The van der Waals surface area contributed by atoms with Gasteiger partial charge in [0.1, 0.15) is 0 Å². The Bertz CT molecular complexity index is 1570. The lowest BCUT2D eigenvalue weighted by molar-refractivity contribution is -0.120. The van der Waals surface area contributed by atoms with Crippen molar-refractivity contribution in [2.75, 3.05) is 29.3 Å². The summed E-state index contributed by atoms with van der Waals surface area (Å²) < 4.78 is 55.6. The van der Waals surface area contributed by atoms with Crippen LogP contribution in [0.15, 0.2) is 76.5 Å². The zero-order valence-corrected chi connectivity index (χ0v) is 23.2. The minimum atomic E-state index is -3.80. The first-order chi connectivity index (χ1) is 18.1. The van der Waals surface area contributed by atoms with Gasteiger partial charge in [0.25, 0.3) is 10.0 Å². The summed E-state index contributed by atoms with van der Waals surface area (Å²) in [5, 5.41) is 3.33. The second-order valence-corrected chi connectivity index (χ2v) is 13.9. The summed E-state index contributed by atoms with van der Waals surface area (Å²) in [5.41, 5.74) is 2.82. The number of sulfonamides is 2. The molecule has 0 unspecified atom stereocenters. The van der Waals surface area contributed by atoms with E-state index in [-0.39, 0.29) is 22.2 Å². The molecule has 0 bridgehead atoms. The highest BCUT2D eigenvalue weighted by molar-refractivity contribution is 7.92. The Morgan fingerprint density at radius 1 is 0.895 bits per heavy atom. The number of hydrogen-bond acceptors (Lipinski definition) is 5. The Kier molecular flexibility index (Phi) is 7.25. The molecule has 1 N–H and O–H groups in total. The monoisotopic (exact) mass is 573 g/mol. The Hall–Kier alpha value is -2.92. The number of amides is 1. The fraction of sp³-hybridized carbons (Fsp3) is 0.296. The van der Waals surface area contributed by atoms with E-state index < -0.39 is 26.0 Å². The van der Waals surface area contributed by atoms with Crippen molar-refractivity contribution in [1.82, 2.24) is 4.31 Å². The minimum Gasteiger partial charge on any atom is -0.326 e. The molecule has 200 valence electrons. The van der Waals surface area contributed by atoms with Crippen molar-refractivity contribution in [3.8, 4) is 0 Å². The number of carbonyl (C=O) groups is 1. The number of carbonyl (C=O) groups excluding carboxylic acids is 1. The van der Waals surface area contributed by atoms with Crippen LogP contribution in [0, 0.1) is 12.8 Å². The van der Waals surface area contributed by atoms with Crippen LogP contribution >= 0.6 is 11.6 Å². The van der Waals surface area contributed by atoms with Gasteiger partial charge < -0.3 is 5.32 Å². The van der Waals surface area contributed by atoms with E-state index in [9.17, 15) is 21.6 Å². The topological polar surface area (TPSA) is 104 Å². The van der Waals surface area contributed by atoms with E-state index in [1.807, 2.05) is 13.0 Å². The van der Waals surface area contributed by atoms with Gasteiger partial charge in [-0.15, -0.1) is 0 Å². The Balaban J connectivity index is 1.32. The van der Waals surface area contributed by atoms with Gasteiger partial charge in [0, 0.05) is 30.3 Å². The van der Waals surface area contributed by atoms with Gasteiger partial charge in [-0.2, -0.15) is 4.31 Å². The van der Waals surface area contributed by atoms with E-state index in [1.54, 1.807) is 36.4 Å². The highest BCUT2D eigenvalue weighted by Gasteiger charge is 2.34. The molecule has 5 rings (SSSR count). The molecule has 2 aliphatic heterocycles. The van der Waals surface area contributed by atoms with Crippen molar-refractivity contribution in [1.29, 1.82) is 0 Å². The summed E-state index contributed by atoms with van der Waals surface area (Å²) in [6.45, 7) is 2.63. The van der Waals surface area contributed by atoms with Crippen molar-refractivity contribution in [3.05, 3.63) is 82.9 Å². The molecule has 38 heavy (non-hydrogen) atoms. The minimum absolute atomic E-state index is 0.0874. The maximum absolute atomic E-state index is 13.3. The largest absolute Gasteiger partial charge is 0.326 e. The summed E-state index contributed by atoms with van der Waals surface area (Å²) in [4.78, 5) is 13.5. The van der Waals surface area contributed by atoms with E-state index in [0.29, 0.717) is 48.7 Å². The Morgan fingerprint density at radius 3 is 2.26 bits per heavy atom. The number of benzene rings is 3. The molecular formula is C27H28ClN3O5S2.